The van der Waals surface area contributed by atoms with Crippen molar-refractivity contribution in [1.29, 1.82) is 0 Å². The second-order valence-corrected chi connectivity index (χ2v) is 6.09. The predicted octanol–water partition coefficient (Wildman–Crippen LogP) is 5.12. The standard InChI is InChI=1S/C20H20FN3O2.ClH/c1-4-9-26-20(25)16-11-22-19-15(8-6-13(3)23-19)18(16)24-17-10-14(21)7-5-12(17)2;/h5-8,10-11H,4,9H2,1-3H3,(H,22,23,24);1H. The second kappa shape index (κ2) is 8.77. The lowest BCUT2D eigenvalue weighted by Crippen LogP contribution is -2.11. The molecule has 0 aliphatic heterocycles. The monoisotopic (exact) mass is 389 g/mol. The first-order chi connectivity index (χ1) is 12.5. The first-order valence-electron chi connectivity index (χ1n) is 8.46. The van der Waals surface area contributed by atoms with Gasteiger partial charge in [-0.3, -0.25) is 0 Å². The van der Waals surface area contributed by atoms with Crippen molar-refractivity contribution in [2.24, 2.45) is 0 Å². The van der Waals surface area contributed by atoms with Crippen LogP contribution >= 0.6 is 12.4 Å². The van der Waals surface area contributed by atoms with Crippen molar-refractivity contribution in [2.75, 3.05) is 11.9 Å². The lowest BCUT2D eigenvalue weighted by molar-refractivity contribution is 0.0506. The van der Waals surface area contributed by atoms with E-state index in [0.717, 1.165) is 17.7 Å². The van der Waals surface area contributed by atoms with Crippen LogP contribution in [0.15, 0.2) is 36.5 Å². The van der Waals surface area contributed by atoms with Crippen LogP contribution in [-0.4, -0.2) is 22.5 Å². The number of hydrogen-bond acceptors (Lipinski definition) is 5. The number of pyridine rings is 2. The second-order valence-electron chi connectivity index (χ2n) is 6.09. The molecule has 0 saturated heterocycles. The third kappa shape index (κ3) is 4.52. The number of ether oxygens (including phenoxy) is 1. The lowest BCUT2D eigenvalue weighted by Gasteiger charge is -2.15. The Kier molecular flexibility index (Phi) is 6.69. The average molecular weight is 390 g/mol. The number of carbonyl (C=O) groups excluding carboxylic acids is 1. The van der Waals surface area contributed by atoms with E-state index in [4.69, 9.17) is 4.74 Å². The summed E-state index contributed by atoms with van der Waals surface area (Å²) in [7, 11) is 0. The lowest BCUT2D eigenvalue weighted by atomic mass is 10.1. The van der Waals surface area contributed by atoms with Gasteiger partial charge in [-0.1, -0.05) is 13.0 Å². The predicted molar refractivity (Wildman–Crippen MR) is 107 cm³/mol. The quantitative estimate of drug-likeness (QED) is 0.613. The van der Waals surface area contributed by atoms with Gasteiger partial charge in [0.1, 0.15) is 11.4 Å². The summed E-state index contributed by atoms with van der Waals surface area (Å²) in [5.74, 6) is -0.834. The Labute approximate surface area is 163 Å². The molecule has 0 amide bonds. The van der Waals surface area contributed by atoms with Gasteiger partial charge >= 0.3 is 5.97 Å². The molecule has 3 aromatic rings. The molecule has 7 heteroatoms. The van der Waals surface area contributed by atoms with E-state index in [0.29, 0.717) is 34.6 Å². The summed E-state index contributed by atoms with van der Waals surface area (Å²) in [6.45, 7) is 5.98. The van der Waals surface area contributed by atoms with Crippen LogP contribution in [0.5, 0.6) is 0 Å². The maximum Gasteiger partial charge on any atom is 0.341 e. The van der Waals surface area contributed by atoms with E-state index in [-0.39, 0.29) is 18.2 Å². The number of benzene rings is 1. The van der Waals surface area contributed by atoms with Crippen molar-refractivity contribution in [1.82, 2.24) is 9.97 Å². The van der Waals surface area contributed by atoms with Gasteiger partial charge < -0.3 is 10.1 Å². The number of rotatable bonds is 5. The van der Waals surface area contributed by atoms with Crippen molar-refractivity contribution in [2.45, 2.75) is 27.2 Å². The molecular formula is C20H21ClFN3O2. The van der Waals surface area contributed by atoms with Gasteiger partial charge in [-0.2, -0.15) is 0 Å². The number of nitrogens with zero attached hydrogens (tertiary/aromatic N) is 2. The van der Waals surface area contributed by atoms with E-state index in [9.17, 15) is 9.18 Å². The Hall–Kier alpha value is -2.73. The highest BCUT2D eigenvalue weighted by molar-refractivity contribution is 6.05. The number of aryl methyl sites for hydroxylation is 2. The van der Waals surface area contributed by atoms with Crippen LogP contribution in [0.2, 0.25) is 0 Å². The summed E-state index contributed by atoms with van der Waals surface area (Å²) in [4.78, 5) is 21.2. The number of aromatic nitrogens is 2. The minimum Gasteiger partial charge on any atom is -0.462 e. The van der Waals surface area contributed by atoms with Crippen molar-refractivity contribution >= 4 is 40.8 Å². The smallest absolute Gasteiger partial charge is 0.341 e. The Morgan fingerprint density at radius 3 is 2.74 bits per heavy atom. The zero-order valence-electron chi connectivity index (χ0n) is 15.4. The summed E-state index contributed by atoms with van der Waals surface area (Å²) in [5, 5.41) is 3.85. The third-order valence-electron chi connectivity index (χ3n) is 3.99. The molecule has 1 aromatic carbocycles. The molecule has 0 aliphatic rings. The molecule has 142 valence electrons. The average Bonchev–Trinajstić information content (AvgIpc) is 2.62. The number of halogens is 2. The number of nitrogens with one attached hydrogen (secondary N) is 1. The molecule has 1 N–H and O–H groups in total. The number of carbonyl (C=O) groups is 1. The molecule has 0 atom stereocenters. The molecule has 3 rings (SSSR count). The van der Waals surface area contributed by atoms with Crippen LogP contribution in [0.1, 0.15) is 35.0 Å². The molecule has 5 nitrogen and oxygen atoms in total. The van der Waals surface area contributed by atoms with Crippen LogP contribution in [0, 0.1) is 19.7 Å². The first-order valence-corrected chi connectivity index (χ1v) is 8.46. The van der Waals surface area contributed by atoms with E-state index < -0.39 is 5.97 Å². The van der Waals surface area contributed by atoms with Crippen molar-refractivity contribution in [3.05, 3.63) is 59.2 Å². The van der Waals surface area contributed by atoms with Crippen molar-refractivity contribution < 1.29 is 13.9 Å². The summed E-state index contributed by atoms with van der Waals surface area (Å²) in [6, 6.07) is 8.16. The molecule has 0 bridgehead atoms. The Bertz CT molecular complexity index is 979. The highest BCUT2D eigenvalue weighted by Crippen LogP contribution is 2.30. The van der Waals surface area contributed by atoms with Gasteiger partial charge in [0.05, 0.1) is 12.3 Å². The van der Waals surface area contributed by atoms with E-state index >= 15 is 0 Å². The van der Waals surface area contributed by atoms with Crippen LogP contribution in [0.4, 0.5) is 15.8 Å². The number of fused-ring (bicyclic) bond motifs is 1. The zero-order chi connectivity index (χ0) is 18.7. The number of hydrogen-bond donors (Lipinski definition) is 1. The Morgan fingerprint density at radius 1 is 1.22 bits per heavy atom. The Balaban J connectivity index is 0.00000261. The molecule has 0 saturated carbocycles. The fraction of sp³-hybridized carbons (Fsp3) is 0.250. The highest BCUT2D eigenvalue weighted by Gasteiger charge is 2.18. The molecule has 2 heterocycles. The van der Waals surface area contributed by atoms with Crippen molar-refractivity contribution in [3.63, 3.8) is 0 Å². The van der Waals surface area contributed by atoms with Gasteiger partial charge in [0.25, 0.3) is 0 Å². The molecule has 0 unspecified atom stereocenters. The summed E-state index contributed by atoms with van der Waals surface area (Å²) < 4.78 is 19.0. The summed E-state index contributed by atoms with van der Waals surface area (Å²) in [5.41, 5.74) is 3.55. The molecule has 0 aliphatic carbocycles. The third-order valence-corrected chi connectivity index (χ3v) is 3.99. The molecule has 0 radical (unpaired) electrons. The van der Waals surface area contributed by atoms with E-state index in [1.807, 2.05) is 32.9 Å². The van der Waals surface area contributed by atoms with Gasteiger partial charge in [0.15, 0.2) is 5.65 Å². The molecule has 0 spiro atoms. The fourth-order valence-electron chi connectivity index (χ4n) is 2.60. The maximum atomic E-state index is 13.7. The topological polar surface area (TPSA) is 64.1 Å². The molecular weight excluding hydrogens is 369 g/mol. The minimum atomic E-state index is -0.474. The maximum absolute atomic E-state index is 13.7. The van der Waals surface area contributed by atoms with Crippen LogP contribution < -0.4 is 5.32 Å². The van der Waals surface area contributed by atoms with Crippen LogP contribution in [0.25, 0.3) is 11.0 Å². The van der Waals surface area contributed by atoms with E-state index in [1.54, 1.807) is 6.07 Å². The number of esters is 1. The summed E-state index contributed by atoms with van der Waals surface area (Å²) in [6.07, 6.45) is 2.17. The van der Waals surface area contributed by atoms with Gasteiger partial charge in [0, 0.05) is 23.0 Å². The van der Waals surface area contributed by atoms with Gasteiger partial charge in [-0.25, -0.2) is 19.2 Å². The Morgan fingerprint density at radius 2 is 2.00 bits per heavy atom. The number of anilines is 2. The highest BCUT2D eigenvalue weighted by atomic mass is 35.5. The molecule has 2 aromatic heterocycles. The van der Waals surface area contributed by atoms with Crippen LogP contribution in [0.3, 0.4) is 0 Å². The molecule has 0 fully saturated rings. The van der Waals surface area contributed by atoms with Gasteiger partial charge in [-0.15, -0.1) is 12.4 Å². The fourth-order valence-corrected chi connectivity index (χ4v) is 2.60. The minimum absolute atomic E-state index is 0. The normalized spacial score (nSPS) is 10.4. The summed E-state index contributed by atoms with van der Waals surface area (Å²) >= 11 is 0. The largest absolute Gasteiger partial charge is 0.462 e. The van der Waals surface area contributed by atoms with E-state index in [2.05, 4.69) is 15.3 Å². The SMILES string of the molecule is CCCOC(=O)c1cnc2nc(C)ccc2c1Nc1cc(F)ccc1C.Cl. The van der Waals surface area contributed by atoms with Gasteiger partial charge in [-0.05, 0) is 50.1 Å². The molecule has 27 heavy (non-hydrogen) atoms. The van der Waals surface area contributed by atoms with Gasteiger partial charge in [0.2, 0.25) is 0 Å². The van der Waals surface area contributed by atoms with Crippen LogP contribution in [-0.2, 0) is 4.74 Å². The zero-order valence-corrected chi connectivity index (χ0v) is 16.2. The first kappa shape index (κ1) is 20.6. The van der Waals surface area contributed by atoms with E-state index in [1.165, 1.54) is 18.3 Å². The van der Waals surface area contributed by atoms with Crippen molar-refractivity contribution in [3.8, 4) is 0 Å².